The summed E-state index contributed by atoms with van der Waals surface area (Å²) >= 11 is 0. The first-order chi connectivity index (χ1) is 8.65. The van der Waals surface area contributed by atoms with E-state index in [4.69, 9.17) is 0 Å². The monoisotopic (exact) mass is 269 g/mol. The summed E-state index contributed by atoms with van der Waals surface area (Å²) in [6.45, 7) is 20.0. The largest absolute Gasteiger partial charge is 0.312 e. The lowest BCUT2D eigenvalue weighted by molar-refractivity contribution is 0.209. The topological polar surface area (TPSA) is 12.0 Å². The highest BCUT2D eigenvalue weighted by molar-refractivity contribution is 4.80. The molecule has 0 aromatic carbocycles. The van der Waals surface area contributed by atoms with Crippen LogP contribution >= 0.6 is 0 Å². The van der Waals surface area contributed by atoms with Crippen molar-refractivity contribution in [3.05, 3.63) is 0 Å². The third-order valence-electron chi connectivity index (χ3n) is 4.98. The van der Waals surface area contributed by atoms with Gasteiger partial charge in [0.1, 0.15) is 0 Å². The van der Waals surface area contributed by atoms with Crippen LogP contribution in [0.4, 0.5) is 0 Å². The fraction of sp³-hybridized carbons (Fsp3) is 1.00. The summed E-state index contributed by atoms with van der Waals surface area (Å²) in [6.07, 6.45) is 6.50. The predicted molar refractivity (Wildman–Crippen MR) is 88.6 cm³/mol. The first-order valence-electron chi connectivity index (χ1n) is 8.40. The highest BCUT2D eigenvalue weighted by Gasteiger charge is 2.24. The van der Waals surface area contributed by atoms with Gasteiger partial charge in [0, 0.05) is 5.54 Å². The molecule has 0 saturated carbocycles. The van der Waals surface area contributed by atoms with Gasteiger partial charge in [-0.2, -0.15) is 0 Å². The molecule has 1 nitrogen and oxygen atoms in total. The maximum Gasteiger partial charge on any atom is 0.0122 e. The zero-order valence-corrected chi connectivity index (χ0v) is 14.9. The Kier molecular flexibility index (Phi) is 8.27. The van der Waals surface area contributed by atoms with E-state index in [1.807, 2.05) is 0 Å². The normalized spacial score (nSPS) is 16.4. The minimum Gasteiger partial charge on any atom is -0.312 e. The third kappa shape index (κ3) is 8.68. The van der Waals surface area contributed by atoms with Gasteiger partial charge in [-0.15, -0.1) is 0 Å². The van der Waals surface area contributed by atoms with E-state index in [0.717, 1.165) is 11.8 Å². The molecule has 1 heteroatoms. The second-order valence-corrected chi connectivity index (χ2v) is 7.96. The fourth-order valence-corrected chi connectivity index (χ4v) is 2.45. The Morgan fingerprint density at radius 2 is 1.53 bits per heavy atom. The van der Waals surface area contributed by atoms with Crippen LogP contribution in [0.2, 0.25) is 0 Å². The molecular formula is C18H39N. The molecule has 0 aromatic heterocycles. The molecule has 0 aliphatic heterocycles. The van der Waals surface area contributed by atoms with Crippen molar-refractivity contribution in [1.29, 1.82) is 0 Å². The summed E-state index contributed by atoms with van der Waals surface area (Å²) < 4.78 is 0. The van der Waals surface area contributed by atoms with E-state index < -0.39 is 0 Å². The van der Waals surface area contributed by atoms with Gasteiger partial charge in [-0.1, -0.05) is 54.4 Å². The van der Waals surface area contributed by atoms with Crippen LogP contribution in [0.5, 0.6) is 0 Å². The maximum absolute atomic E-state index is 3.78. The van der Waals surface area contributed by atoms with Crippen molar-refractivity contribution in [2.45, 2.75) is 93.0 Å². The Hall–Kier alpha value is -0.0400. The van der Waals surface area contributed by atoms with Gasteiger partial charge < -0.3 is 5.32 Å². The van der Waals surface area contributed by atoms with Crippen molar-refractivity contribution in [3.8, 4) is 0 Å². The molecular weight excluding hydrogens is 230 g/mol. The van der Waals surface area contributed by atoms with Crippen molar-refractivity contribution in [1.82, 2.24) is 5.32 Å². The molecule has 0 fully saturated rings. The average Bonchev–Trinajstić information content (AvgIpc) is 2.35. The summed E-state index contributed by atoms with van der Waals surface area (Å²) in [4.78, 5) is 0. The Morgan fingerprint density at radius 1 is 0.947 bits per heavy atom. The lowest BCUT2D eigenvalue weighted by atomic mass is 9.77. The van der Waals surface area contributed by atoms with E-state index in [1.165, 1.54) is 38.6 Å². The maximum atomic E-state index is 3.78. The van der Waals surface area contributed by atoms with E-state index in [1.54, 1.807) is 0 Å². The van der Waals surface area contributed by atoms with Crippen LogP contribution in [-0.2, 0) is 0 Å². The van der Waals surface area contributed by atoms with Gasteiger partial charge in [-0.05, 0) is 56.9 Å². The molecule has 0 bridgehead atoms. The Bertz CT molecular complexity index is 230. The van der Waals surface area contributed by atoms with Crippen LogP contribution in [0.3, 0.4) is 0 Å². The third-order valence-corrected chi connectivity index (χ3v) is 4.98. The molecule has 0 aliphatic rings. The van der Waals surface area contributed by atoms with E-state index in [-0.39, 0.29) is 5.54 Å². The molecule has 19 heavy (non-hydrogen) atoms. The van der Waals surface area contributed by atoms with Gasteiger partial charge >= 0.3 is 0 Å². The molecule has 2 atom stereocenters. The van der Waals surface area contributed by atoms with Gasteiger partial charge in [-0.25, -0.2) is 0 Å². The molecule has 0 rings (SSSR count). The molecule has 0 saturated heterocycles. The Labute approximate surface area is 122 Å². The predicted octanol–water partition coefficient (Wildman–Crippen LogP) is 5.64. The quantitative estimate of drug-likeness (QED) is 0.541. The van der Waals surface area contributed by atoms with Crippen LogP contribution in [0.15, 0.2) is 0 Å². The smallest absolute Gasteiger partial charge is 0.0122 e. The van der Waals surface area contributed by atoms with Gasteiger partial charge in [0.2, 0.25) is 0 Å². The SMILES string of the molecule is CCC(C)CC(CNC(C)(C)CC)CC(C)(C)CC. The lowest BCUT2D eigenvalue weighted by Crippen LogP contribution is -2.42. The highest BCUT2D eigenvalue weighted by atomic mass is 15.0. The summed E-state index contributed by atoms with van der Waals surface area (Å²) in [7, 11) is 0. The molecule has 0 radical (unpaired) electrons. The van der Waals surface area contributed by atoms with E-state index in [9.17, 15) is 0 Å². The van der Waals surface area contributed by atoms with Crippen LogP contribution in [0.1, 0.15) is 87.5 Å². The standard InChI is InChI=1S/C18H39N/c1-9-15(4)12-16(13-17(5,6)10-2)14-19-18(7,8)11-3/h15-16,19H,9-14H2,1-8H3. The second kappa shape index (κ2) is 8.29. The zero-order valence-electron chi connectivity index (χ0n) is 14.9. The Balaban J connectivity index is 4.50. The summed E-state index contributed by atoms with van der Waals surface area (Å²) in [5, 5.41) is 3.78. The summed E-state index contributed by atoms with van der Waals surface area (Å²) in [5.74, 6) is 1.67. The number of nitrogens with one attached hydrogen (secondary N) is 1. The van der Waals surface area contributed by atoms with Crippen molar-refractivity contribution in [2.75, 3.05) is 6.54 Å². The fourth-order valence-electron chi connectivity index (χ4n) is 2.45. The highest BCUT2D eigenvalue weighted by Crippen LogP contribution is 2.32. The van der Waals surface area contributed by atoms with Crippen LogP contribution in [0, 0.1) is 17.3 Å². The Morgan fingerprint density at radius 3 is 1.95 bits per heavy atom. The molecule has 116 valence electrons. The molecule has 2 unspecified atom stereocenters. The minimum absolute atomic E-state index is 0.282. The van der Waals surface area contributed by atoms with E-state index >= 15 is 0 Å². The van der Waals surface area contributed by atoms with E-state index in [0.29, 0.717) is 5.41 Å². The molecule has 0 heterocycles. The van der Waals surface area contributed by atoms with Gasteiger partial charge in [-0.3, -0.25) is 0 Å². The van der Waals surface area contributed by atoms with Gasteiger partial charge in [0.15, 0.2) is 0 Å². The van der Waals surface area contributed by atoms with Crippen LogP contribution in [0.25, 0.3) is 0 Å². The number of hydrogen-bond acceptors (Lipinski definition) is 1. The number of rotatable bonds is 10. The molecule has 0 aliphatic carbocycles. The van der Waals surface area contributed by atoms with Gasteiger partial charge in [0.25, 0.3) is 0 Å². The van der Waals surface area contributed by atoms with Crippen molar-refractivity contribution < 1.29 is 0 Å². The average molecular weight is 270 g/mol. The van der Waals surface area contributed by atoms with Crippen molar-refractivity contribution in [2.24, 2.45) is 17.3 Å². The van der Waals surface area contributed by atoms with Crippen LogP contribution < -0.4 is 5.32 Å². The van der Waals surface area contributed by atoms with Crippen molar-refractivity contribution >= 4 is 0 Å². The molecule has 0 amide bonds. The minimum atomic E-state index is 0.282. The first-order valence-corrected chi connectivity index (χ1v) is 8.40. The van der Waals surface area contributed by atoms with E-state index in [2.05, 4.69) is 60.7 Å². The summed E-state index contributed by atoms with van der Waals surface area (Å²) in [5.41, 5.74) is 0.764. The molecule has 0 spiro atoms. The lowest BCUT2D eigenvalue weighted by Gasteiger charge is -2.33. The number of hydrogen-bond donors (Lipinski definition) is 1. The first kappa shape index (κ1) is 19.0. The van der Waals surface area contributed by atoms with Gasteiger partial charge in [0.05, 0.1) is 0 Å². The second-order valence-electron chi connectivity index (χ2n) is 7.96. The molecule has 0 aromatic rings. The van der Waals surface area contributed by atoms with Crippen LogP contribution in [-0.4, -0.2) is 12.1 Å². The summed E-state index contributed by atoms with van der Waals surface area (Å²) in [6, 6.07) is 0. The zero-order chi connectivity index (χ0) is 15.1. The van der Waals surface area contributed by atoms with Crippen molar-refractivity contribution in [3.63, 3.8) is 0 Å². The molecule has 1 N–H and O–H groups in total.